The summed E-state index contributed by atoms with van der Waals surface area (Å²) in [6, 6.07) is 4.24. The molecule has 3 atom stereocenters. The van der Waals surface area contributed by atoms with Crippen molar-refractivity contribution in [2.75, 3.05) is 19.6 Å². The van der Waals surface area contributed by atoms with Crippen molar-refractivity contribution in [3.8, 4) is 5.88 Å². The molecular weight excluding hydrogens is 200 g/mol. The van der Waals surface area contributed by atoms with Gasteiger partial charge in [0.1, 0.15) is 5.60 Å². The Balaban J connectivity index is 1.81. The number of nitrogens with zero attached hydrogens (tertiary/aromatic N) is 2. The molecule has 0 aliphatic carbocycles. The maximum atomic E-state index is 6.22. The van der Waals surface area contributed by atoms with Crippen LogP contribution in [0.5, 0.6) is 5.88 Å². The van der Waals surface area contributed by atoms with E-state index in [-0.39, 0.29) is 5.60 Å². The Hall–Kier alpha value is -1.09. The highest BCUT2D eigenvalue weighted by atomic mass is 16.5. The van der Waals surface area contributed by atoms with Gasteiger partial charge in [0, 0.05) is 24.2 Å². The number of aromatic nitrogens is 1. The zero-order valence-corrected chi connectivity index (χ0v) is 9.35. The molecule has 1 aromatic rings. The van der Waals surface area contributed by atoms with E-state index in [1.807, 2.05) is 12.3 Å². The number of hydrogen-bond acceptors (Lipinski definition) is 3. The van der Waals surface area contributed by atoms with Crippen molar-refractivity contribution < 1.29 is 4.74 Å². The molecule has 1 spiro atoms. The lowest BCUT2D eigenvalue weighted by Gasteiger charge is -2.47. The lowest BCUT2D eigenvalue weighted by atomic mass is 9.74. The van der Waals surface area contributed by atoms with Crippen LogP contribution in [0.3, 0.4) is 0 Å². The quantitative estimate of drug-likeness (QED) is 0.661. The van der Waals surface area contributed by atoms with Crippen molar-refractivity contribution in [3.05, 3.63) is 23.9 Å². The molecule has 84 valence electrons. The molecule has 16 heavy (non-hydrogen) atoms. The molecule has 0 N–H and O–H groups in total. The first-order valence-electron chi connectivity index (χ1n) is 6.24. The van der Waals surface area contributed by atoms with Gasteiger partial charge in [-0.15, -0.1) is 0 Å². The summed E-state index contributed by atoms with van der Waals surface area (Å²) >= 11 is 0. The number of fused-ring (bicyclic) bond motifs is 3. The highest BCUT2D eigenvalue weighted by Gasteiger charge is 2.53. The zero-order valence-electron chi connectivity index (χ0n) is 9.35. The molecule has 3 aliphatic heterocycles. The average Bonchev–Trinajstić information content (AvgIpc) is 2.60. The van der Waals surface area contributed by atoms with Crippen LogP contribution in [-0.2, 0) is 0 Å². The highest BCUT2D eigenvalue weighted by Crippen LogP contribution is 2.51. The largest absolute Gasteiger partial charge is 0.469 e. The molecule has 2 fully saturated rings. The van der Waals surface area contributed by atoms with Crippen LogP contribution < -0.4 is 4.74 Å². The standard InChI is InChI=1S/C13H16N2O/c1-3-10-11-4-8-15-7-2-5-13(11,9-15)16-12(10)14-6-1/h1,3,6,11H,2,4-5,7-9H2/t11-,13-/m1/s1. The molecule has 3 nitrogen and oxygen atoms in total. The van der Waals surface area contributed by atoms with Crippen molar-refractivity contribution in [2.24, 2.45) is 0 Å². The third-order valence-electron chi connectivity index (χ3n) is 4.41. The minimum atomic E-state index is 0.0627. The van der Waals surface area contributed by atoms with E-state index in [9.17, 15) is 0 Å². The Bertz CT molecular complexity index is 434. The van der Waals surface area contributed by atoms with Crippen LogP contribution in [0.2, 0.25) is 0 Å². The van der Waals surface area contributed by atoms with Gasteiger partial charge < -0.3 is 4.74 Å². The molecule has 2 saturated heterocycles. The monoisotopic (exact) mass is 216 g/mol. The van der Waals surface area contributed by atoms with E-state index in [0.29, 0.717) is 5.92 Å². The first-order chi connectivity index (χ1) is 7.87. The van der Waals surface area contributed by atoms with Crippen LogP contribution in [0.1, 0.15) is 30.7 Å². The fourth-order valence-corrected chi connectivity index (χ4v) is 3.73. The zero-order chi connectivity index (χ0) is 10.6. The van der Waals surface area contributed by atoms with Gasteiger partial charge in [-0.25, -0.2) is 4.98 Å². The van der Waals surface area contributed by atoms with Crippen molar-refractivity contribution in [1.29, 1.82) is 0 Å². The predicted octanol–water partition coefficient (Wildman–Crippen LogP) is 1.80. The molecule has 0 saturated carbocycles. The van der Waals surface area contributed by atoms with E-state index in [0.717, 1.165) is 12.4 Å². The maximum absolute atomic E-state index is 6.22. The molecule has 3 aliphatic rings. The summed E-state index contributed by atoms with van der Waals surface area (Å²) in [7, 11) is 0. The molecule has 0 radical (unpaired) electrons. The molecule has 1 unspecified atom stereocenters. The normalized spacial score (nSPS) is 39.8. The number of rotatable bonds is 0. The second-order valence-corrected chi connectivity index (χ2v) is 5.29. The Morgan fingerprint density at radius 1 is 1.44 bits per heavy atom. The molecule has 2 bridgehead atoms. The van der Waals surface area contributed by atoms with Crippen molar-refractivity contribution in [2.45, 2.75) is 30.8 Å². The Kier molecular flexibility index (Phi) is 1.67. The van der Waals surface area contributed by atoms with Crippen LogP contribution in [0.4, 0.5) is 0 Å². The molecular formula is C13H16N2O. The van der Waals surface area contributed by atoms with Crippen molar-refractivity contribution in [3.63, 3.8) is 0 Å². The second-order valence-electron chi connectivity index (χ2n) is 5.29. The minimum absolute atomic E-state index is 0.0627. The average molecular weight is 216 g/mol. The van der Waals surface area contributed by atoms with Crippen LogP contribution >= 0.6 is 0 Å². The molecule has 4 heterocycles. The van der Waals surface area contributed by atoms with Gasteiger partial charge in [0.05, 0.1) is 0 Å². The fourth-order valence-electron chi connectivity index (χ4n) is 3.73. The van der Waals surface area contributed by atoms with Gasteiger partial charge in [0.25, 0.3) is 0 Å². The van der Waals surface area contributed by atoms with Crippen LogP contribution in [0.15, 0.2) is 18.3 Å². The summed E-state index contributed by atoms with van der Waals surface area (Å²) in [5.74, 6) is 1.49. The summed E-state index contributed by atoms with van der Waals surface area (Å²) in [6.07, 6.45) is 5.54. The van der Waals surface area contributed by atoms with Gasteiger partial charge in [-0.2, -0.15) is 0 Å². The Morgan fingerprint density at radius 2 is 2.44 bits per heavy atom. The summed E-state index contributed by atoms with van der Waals surface area (Å²) in [4.78, 5) is 6.93. The van der Waals surface area contributed by atoms with Gasteiger partial charge >= 0.3 is 0 Å². The number of hydrogen-bond donors (Lipinski definition) is 0. The molecule has 0 aromatic carbocycles. The third kappa shape index (κ3) is 1.04. The van der Waals surface area contributed by atoms with E-state index in [4.69, 9.17) is 4.74 Å². The molecule has 0 amide bonds. The third-order valence-corrected chi connectivity index (χ3v) is 4.41. The van der Waals surface area contributed by atoms with Gasteiger partial charge in [-0.3, -0.25) is 4.90 Å². The summed E-state index contributed by atoms with van der Waals surface area (Å²) in [5.41, 5.74) is 1.41. The summed E-state index contributed by atoms with van der Waals surface area (Å²) in [5, 5.41) is 0. The fraction of sp³-hybridized carbons (Fsp3) is 0.615. The number of ether oxygens (including phenoxy) is 1. The van der Waals surface area contributed by atoms with Gasteiger partial charge in [0.2, 0.25) is 5.88 Å². The van der Waals surface area contributed by atoms with Gasteiger partial charge in [0.15, 0.2) is 0 Å². The first kappa shape index (κ1) is 8.99. The number of pyridine rings is 1. The second kappa shape index (κ2) is 2.98. The van der Waals surface area contributed by atoms with E-state index in [1.165, 1.54) is 37.9 Å². The topological polar surface area (TPSA) is 25.4 Å². The Morgan fingerprint density at radius 3 is 3.44 bits per heavy atom. The summed E-state index contributed by atoms with van der Waals surface area (Å²) in [6.45, 7) is 3.58. The molecule has 1 aromatic heterocycles. The van der Waals surface area contributed by atoms with Crippen molar-refractivity contribution in [1.82, 2.24) is 9.88 Å². The van der Waals surface area contributed by atoms with E-state index in [1.54, 1.807) is 0 Å². The van der Waals surface area contributed by atoms with Crippen molar-refractivity contribution >= 4 is 0 Å². The molecule has 4 rings (SSSR count). The first-order valence-corrected chi connectivity index (χ1v) is 6.24. The maximum Gasteiger partial charge on any atom is 0.217 e. The minimum Gasteiger partial charge on any atom is -0.469 e. The number of piperidine rings is 2. The van der Waals surface area contributed by atoms with Gasteiger partial charge in [-0.05, 0) is 38.4 Å². The summed E-state index contributed by atoms with van der Waals surface area (Å²) < 4.78 is 6.22. The van der Waals surface area contributed by atoms with E-state index >= 15 is 0 Å². The predicted molar refractivity (Wildman–Crippen MR) is 60.6 cm³/mol. The highest BCUT2D eigenvalue weighted by molar-refractivity contribution is 5.39. The van der Waals surface area contributed by atoms with Crippen LogP contribution in [0, 0.1) is 0 Å². The van der Waals surface area contributed by atoms with E-state index < -0.39 is 0 Å². The smallest absolute Gasteiger partial charge is 0.217 e. The van der Waals surface area contributed by atoms with Crippen LogP contribution in [-0.4, -0.2) is 35.1 Å². The van der Waals surface area contributed by atoms with Crippen LogP contribution in [0.25, 0.3) is 0 Å². The Labute approximate surface area is 95.4 Å². The SMILES string of the molecule is c1cnc2c(c1)[C@H]1CCN3CCC[C@]1(C3)O2. The lowest BCUT2D eigenvalue weighted by Crippen LogP contribution is -2.57. The van der Waals surface area contributed by atoms with E-state index in [2.05, 4.69) is 16.0 Å². The van der Waals surface area contributed by atoms with Gasteiger partial charge in [-0.1, -0.05) is 6.07 Å². The molecule has 3 heteroatoms. The lowest BCUT2D eigenvalue weighted by molar-refractivity contribution is -0.0422.